The number of hydrogen-bond acceptors (Lipinski definition) is 7. The Morgan fingerprint density at radius 3 is 2.46 bits per heavy atom. The number of methoxy groups -OCH3 is 2. The lowest BCUT2D eigenvalue weighted by Crippen LogP contribution is -2.26. The Balaban J connectivity index is 2.39. The molecule has 0 saturated carbocycles. The largest absolute Gasteiger partial charge is 0.465 e. The van der Waals surface area contributed by atoms with Gasteiger partial charge in [-0.25, -0.2) is 9.59 Å². The van der Waals surface area contributed by atoms with Crippen LogP contribution in [-0.2, 0) is 14.3 Å². The van der Waals surface area contributed by atoms with Crippen LogP contribution >= 0.6 is 22.9 Å². The molecule has 0 bridgehead atoms. The van der Waals surface area contributed by atoms with Gasteiger partial charge in [-0.15, -0.1) is 11.3 Å². The van der Waals surface area contributed by atoms with E-state index in [9.17, 15) is 14.4 Å². The molecule has 0 aromatic carbocycles. The Kier molecular flexibility index (Phi) is 6.38. The highest BCUT2D eigenvalue weighted by molar-refractivity contribution is 7.18. The first kappa shape index (κ1) is 19.9. The molecule has 1 unspecified atom stereocenters. The SMILES string of the molecule is CCC(C(=O)Nc1sc(C(=O)OC)c(C)c1C(=O)OC)n1cc(Cl)cn1. The lowest BCUT2D eigenvalue weighted by Gasteiger charge is -2.15. The number of amides is 1. The summed E-state index contributed by atoms with van der Waals surface area (Å²) < 4.78 is 10.9. The molecule has 2 aromatic rings. The van der Waals surface area contributed by atoms with Crippen molar-refractivity contribution in [3.63, 3.8) is 0 Å². The second kappa shape index (κ2) is 8.33. The molecule has 10 heteroatoms. The first-order valence-corrected chi connectivity index (χ1v) is 8.83. The fraction of sp³-hybridized carbons (Fsp3) is 0.375. The number of anilines is 1. The van der Waals surface area contributed by atoms with Gasteiger partial charge >= 0.3 is 11.9 Å². The van der Waals surface area contributed by atoms with Crippen molar-refractivity contribution in [2.45, 2.75) is 26.3 Å². The Labute approximate surface area is 159 Å². The molecule has 0 radical (unpaired) electrons. The summed E-state index contributed by atoms with van der Waals surface area (Å²) in [5, 5.41) is 7.37. The van der Waals surface area contributed by atoms with Crippen LogP contribution in [0.15, 0.2) is 12.4 Å². The lowest BCUT2D eigenvalue weighted by atomic mass is 10.1. The minimum absolute atomic E-state index is 0.125. The quantitative estimate of drug-likeness (QED) is 0.749. The molecule has 1 atom stereocenters. The van der Waals surface area contributed by atoms with Gasteiger partial charge in [0.15, 0.2) is 0 Å². The first-order chi connectivity index (χ1) is 12.3. The Bertz CT molecular complexity index is 845. The van der Waals surface area contributed by atoms with E-state index in [1.807, 2.05) is 6.92 Å². The fourth-order valence-electron chi connectivity index (χ4n) is 2.41. The van der Waals surface area contributed by atoms with E-state index < -0.39 is 23.9 Å². The number of halogens is 1. The normalized spacial score (nSPS) is 11.7. The predicted octanol–water partition coefficient (Wildman–Crippen LogP) is 3.07. The number of nitrogens with zero attached hydrogens (tertiary/aromatic N) is 2. The molecule has 2 rings (SSSR count). The van der Waals surface area contributed by atoms with Gasteiger partial charge in [-0.05, 0) is 18.9 Å². The molecule has 0 aliphatic heterocycles. The minimum atomic E-state index is -0.653. The van der Waals surface area contributed by atoms with Crippen LogP contribution in [0.25, 0.3) is 0 Å². The molecule has 1 amide bonds. The zero-order chi connectivity index (χ0) is 19.4. The summed E-state index contributed by atoms with van der Waals surface area (Å²) in [6.07, 6.45) is 3.42. The summed E-state index contributed by atoms with van der Waals surface area (Å²) in [5.74, 6) is -1.64. The van der Waals surface area contributed by atoms with Crippen LogP contribution in [0.4, 0.5) is 5.00 Å². The number of nitrogens with one attached hydrogen (secondary N) is 1. The van der Waals surface area contributed by atoms with E-state index in [1.165, 1.54) is 31.3 Å². The van der Waals surface area contributed by atoms with E-state index >= 15 is 0 Å². The number of carbonyl (C=O) groups is 3. The molecule has 0 fully saturated rings. The van der Waals surface area contributed by atoms with Gasteiger partial charge in [-0.1, -0.05) is 18.5 Å². The number of aromatic nitrogens is 2. The monoisotopic (exact) mass is 399 g/mol. The molecular weight excluding hydrogens is 382 g/mol. The molecule has 0 spiro atoms. The van der Waals surface area contributed by atoms with Crippen LogP contribution in [0.1, 0.15) is 45.0 Å². The Hall–Kier alpha value is -2.39. The Morgan fingerprint density at radius 1 is 1.31 bits per heavy atom. The third-order valence-electron chi connectivity index (χ3n) is 3.72. The summed E-state index contributed by atoms with van der Waals surface area (Å²) in [6, 6.07) is -0.628. The molecule has 2 heterocycles. The van der Waals surface area contributed by atoms with Crippen LogP contribution in [0.3, 0.4) is 0 Å². The van der Waals surface area contributed by atoms with Crippen molar-refractivity contribution in [1.82, 2.24) is 9.78 Å². The highest BCUT2D eigenvalue weighted by atomic mass is 35.5. The highest BCUT2D eigenvalue weighted by Gasteiger charge is 2.28. The minimum Gasteiger partial charge on any atom is -0.465 e. The molecule has 2 aromatic heterocycles. The van der Waals surface area contributed by atoms with Crippen LogP contribution < -0.4 is 5.32 Å². The van der Waals surface area contributed by atoms with Gasteiger partial charge in [-0.3, -0.25) is 9.48 Å². The standard InChI is InChI=1S/C16H18ClN3O5S/c1-5-10(20-7-9(17)6-18-20)13(21)19-14-11(15(22)24-3)8(2)12(26-14)16(23)25-4/h6-7,10H,5H2,1-4H3,(H,19,21). The summed E-state index contributed by atoms with van der Waals surface area (Å²) in [7, 11) is 2.47. The average molecular weight is 400 g/mol. The van der Waals surface area contributed by atoms with Gasteiger partial charge in [0.05, 0.1) is 31.0 Å². The number of rotatable bonds is 6. The predicted molar refractivity (Wildman–Crippen MR) is 96.9 cm³/mol. The fourth-order valence-corrected chi connectivity index (χ4v) is 3.67. The Morgan fingerprint density at radius 2 is 1.96 bits per heavy atom. The second-order valence-corrected chi connectivity index (χ2v) is 6.75. The van der Waals surface area contributed by atoms with Crippen LogP contribution in [-0.4, -0.2) is 41.8 Å². The van der Waals surface area contributed by atoms with Gasteiger partial charge in [0.2, 0.25) is 5.91 Å². The van der Waals surface area contributed by atoms with E-state index in [0.717, 1.165) is 11.3 Å². The van der Waals surface area contributed by atoms with E-state index in [4.69, 9.17) is 21.1 Å². The van der Waals surface area contributed by atoms with Crippen molar-refractivity contribution in [2.75, 3.05) is 19.5 Å². The molecule has 140 valence electrons. The van der Waals surface area contributed by atoms with E-state index in [2.05, 4.69) is 10.4 Å². The molecule has 26 heavy (non-hydrogen) atoms. The smallest absolute Gasteiger partial charge is 0.348 e. The summed E-state index contributed by atoms with van der Waals surface area (Å²) in [5.41, 5.74) is 0.513. The molecule has 0 aliphatic carbocycles. The second-order valence-electron chi connectivity index (χ2n) is 5.30. The van der Waals surface area contributed by atoms with Gasteiger partial charge < -0.3 is 14.8 Å². The van der Waals surface area contributed by atoms with E-state index in [1.54, 1.807) is 6.92 Å². The van der Waals surface area contributed by atoms with Crippen molar-refractivity contribution in [2.24, 2.45) is 0 Å². The zero-order valence-electron chi connectivity index (χ0n) is 14.7. The van der Waals surface area contributed by atoms with Crippen LogP contribution in [0, 0.1) is 6.92 Å². The lowest BCUT2D eigenvalue weighted by molar-refractivity contribution is -0.119. The molecule has 1 N–H and O–H groups in total. The number of thiophene rings is 1. The number of carbonyl (C=O) groups excluding carboxylic acids is 3. The third-order valence-corrected chi connectivity index (χ3v) is 5.10. The topological polar surface area (TPSA) is 99.5 Å². The van der Waals surface area contributed by atoms with Crippen molar-refractivity contribution >= 4 is 45.8 Å². The van der Waals surface area contributed by atoms with Gasteiger partial charge in [0.25, 0.3) is 0 Å². The maximum Gasteiger partial charge on any atom is 0.348 e. The van der Waals surface area contributed by atoms with Crippen molar-refractivity contribution < 1.29 is 23.9 Å². The number of esters is 2. The maximum atomic E-state index is 12.7. The number of ether oxygens (including phenoxy) is 2. The molecule has 0 saturated heterocycles. The van der Waals surface area contributed by atoms with Gasteiger partial charge in [0.1, 0.15) is 15.9 Å². The van der Waals surface area contributed by atoms with Crippen LogP contribution in [0.5, 0.6) is 0 Å². The first-order valence-electron chi connectivity index (χ1n) is 7.64. The highest BCUT2D eigenvalue weighted by Crippen LogP contribution is 2.34. The summed E-state index contributed by atoms with van der Waals surface area (Å²) in [6.45, 7) is 3.41. The zero-order valence-corrected chi connectivity index (χ0v) is 16.2. The van der Waals surface area contributed by atoms with E-state index in [0.29, 0.717) is 17.0 Å². The van der Waals surface area contributed by atoms with Crippen LogP contribution in [0.2, 0.25) is 5.02 Å². The summed E-state index contributed by atoms with van der Waals surface area (Å²) in [4.78, 5) is 36.9. The average Bonchev–Trinajstić information content (AvgIpc) is 3.18. The molecule has 8 nitrogen and oxygen atoms in total. The van der Waals surface area contributed by atoms with Gasteiger partial charge in [-0.2, -0.15) is 5.10 Å². The van der Waals surface area contributed by atoms with E-state index in [-0.39, 0.29) is 15.4 Å². The number of hydrogen-bond donors (Lipinski definition) is 1. The van der Waals surface area contributed by atoms with Crippen molar-refractivity contribution in [3.8, 4) is 0 Å². The van der Waals surface area contributed by atoms with Gasteiger partial charge in [0, 0.05) is 6.20 Å². The molecule has 0 aliphatic rings. The third kappa shape index (κ3) is 3.88. The molecular formula is C16H18ClN3O5S. The maximum absolute atomic E-state index is 12.7. The van der Waals surface area contributed by atoms with Crippen molar-refractivity contribution in [3.05, 3.63) is 33.4 Å². The van der Waals surface area contributed by atoms with Crippen molar-refractivity contribution in [1.29, 1.82) is 0 Å². The summed E-state index contributed by atoms with van der Waals surface area (Å²) >= 11 is 6.82.